The first-order valence-electron chi connectivity index (χ1n) is 11.0. The van der Waals surface area contributed by atoms with E-state index in [4.69, 9.17) is 0 Å². The number of non-ortho nitro benzene ring substituents is 2. The minimum absolute atomic E-state index is 0.0619. The summed E-state index contributed by atoms with van der Waals surface area (Å²) in [4.78, 5) is 23.0. The Kier molecular flexibility index (Phi) is 8.48. The van der Waals surface area contributed by atoms with Crippen molar-refractivity contribution in [2.45, 2.75) is 31.6 Å². The van der Waals surface area contributed by atoms with Crippen LogP contribution < -0.4 is 0 Å². The monoisotopic (exact) mass is 481 g/mol. The van der Waals surface area contributed by atoms with E-state index in [1.54, 1.807) is 36.4 Å². The Labute approximate surface area is 202 Å². The Hall–Kier alpha value is -3.86. The molecule has 0 spiro atoms. The largest absolute Gasteiger partial charge is 0.508 e. The van der Waals surface area contributed by atoms with Crippen molar-refractivity contribution in [3.63, 3.8) is 0 Å². The number of benzene rings is 3. The molecule has 10 nitrogen and oxygen atoms in total. The van der Waals surface area contributed by atoms with E-state index in [9.17, 15) is 35.5 Å². The number of hydrogen-bond donors (Lipinski definition) is 3. The predicted molar refractivity (Wildman–Crippen MR) is 129 cm³/mol. The van der Waals surface area contributed by atoms with Crippen LogP contribution in [0.2, 0.25) is 0 Å². The lowest BCUT2D eigenvalue weighted by Crippen LogP contribution is -2.40. The molecule has 0 heterocycles. The molecule has 0 amide bonds. The van der Waals surface area contributed by atoms with Gasteiger partial charge in [0, 0.05) is 43.4 Å². The van der Waals surface area contributed by atoms with Gasteiger partial charge in [0.05, 0.1) is 22.1 Å². The summed E-state index contributed by atoms with van der Waals surface area (Å²) in [6, 6.07) is 18.0. The summed E-state index contributed by atoms with van der Waals surface area (Å²) in [5.41, 5.74) is 1.38. The van der Waals surface area contributed by atoms with Gasteiger partial charge in [-0.3, -0.25) is 25.1 Å². The molecule has 3 aromatic rings. The molecule has 0 aliphatic rings. The molecule has 0 bridgehead atoms. The second-order valence-electron chi connectivity index (χ2n) is 8.41. The number of phenols is 1. The summed E-state index contributed by atoms with van der Waals surface area (Å²) in [6.45, 7) is 2.03. The highest BCUT2D eigenvalue weighted by molar-refractivity contribution is 5.36. The van der Waals surface area contributed by atoms with Crippen LogP contribution in [0.25, 0.3) is 0 Å². The Morgan fingerprint density at radius 1 is 0.800 bits per heavy atom. The van der Waals surface area contributed by atoms with Crippen molar-refractivity contribution in [3.8, 4) is 5.75 Å². The summed E-state index contributed by atoms with van der Waals surface area (Å²) in [6.07, 6.45) is -1.62. The topological polar surface area (TPSA) is 150 Å². The number of aliphatic hydroxyl groups is 2. The minimum Gasteiger partial charge on any atom is -0.508 e. The summed E-state index contributed by atoms with van der Waals surface area (Å²) in [5.74, 6) is 0.139. The van der Waals surface area contributed by atoms with Crippen LogP contribution in [-0.4, -0.2) is 49.2 Å². The molecule has 184 valence electrons. The molecule has 35 heavy (non-hydrogen) atoms. The fourth-order valence-corrected chi connectivity index (χ4v) is 3.88. The number of nitrogens with zero attached hydrogens (tertiary/aromatic N) is 3. The molecule has 3 N–H and O–H groups in total. The van der Waals surface area contributed by atoms with Gasteiger partial charge >= 0.3 is 0 Å². The van der Waals surface area contributed by atoms with Gasteiger partial charge in [-0.05, 0) is 42.2 Å². The molecule has 2 unspecified atom stereocenters. The summed E-state index contributed by atoms with van der Waals surface area (Å²) >= 11 is 0. The first-order chi connectivity index (χ1) is 16.6. The van der Waals surface area contributed by atoms with Crippen LogP contribution >= 0.6 is 0 Å². The van der Waals surface area contributed by atoms with Crippen LogP contribution in [0, 0.1) is 20.2 Å². The molecule has 3 atom stereocenters. The maximum atomic E-state index is 11.1. The van der Waals surface area contributed by atoms with E-state index in [1.165, 1.54) is 36.4 Å². The number of aliphatic hydroxyl groups excluding tert-OH is 2. The highest BCUT2D eigenvalue weighted by Gasteiger charge is 2.24. The predicted octanol–water partition coefficient (Wildman–Crippen LogP) is 3.91. The Morgan fingerprint density at radius 3 is 1.69 bits per heavy atom. The van der Waals surface area contributed by atoms with Crippen LogP contribution in [-0.2, 0) is 6.42 Å². The normalized spacial score (nSPS) is 13.8. The summed E-state index contributed by atoms with van der Waals surface area (Å²) < 4.78 is 0. The van der Waals surface area contributed by atoms with Gasteiger partial charge < -0.3 is 15.3 Å². The third kappa shape index (κ3) is 7.06. The molecule has 0 aromatic heterocycles. The first kappa shape index (κ1) is 25.8. The lowest BCUT2D eigenvalue weighted by molar-refractivity contribution is -0.385. The first-order valence-corrected chi connectivity index (χ1v) is 11.0. The molecule has 3 rings (SSSR count). The van der Waals surface area contributed by atoms with E-state index >= 15 is 0 Å². The summed E-state index contributed by atoms with van der Waals surface area (Å²) in [7, 11) is 0. The Balaban J connectivity index is 1.83. The fraction of sp³-hybridized carbons (Fsp3) is 0.280. The molecule has 0 radical (unpaired) electrons. The molecular weight excluding hydrogens is 454 g/mol. The van der Waals surface area contributed by atoms with Gasteiger partial charge in [-0.25, -0.2) is 0 Å². The zero-order valence-electron chi connectivity index (χ0n) is 19.1. The van der Waals surface area contributed by atoms with Crippen LogP contribution in [0.3, 0.4) is 0 Å². The van der Waals surface area contributed by atoms with E-state index in [0.29, 0.717) is 17.5 Å². The molecule has 0 saturated carbocycles. The molecule has 0 fully saturated rings. The zero-order chi connectivity index (χ0) is 25.5. The number of nitro benzene ring substituents is 2. The minimum atomic E-state index is -1.07. The molecule has 0 aliphatic carbocycles. The van der Waals surface area contributed by atoms with Gasteiger partial charge in [0.25, 0.3) is 11.4 Å². The van der Waals surface area contributed by atoms with Crippen LogP contribution in [0.15, 0.2) is 72.8 Å². The van der Waals surface area contributed by atoms with Gasteiger partial charge in [0.2, 0.25) is 0 Å². The molecule has 0 saturated heterocycles. The second-order valence-corrected chi connectivity index (χ2v) is 8.41. The SMILES string of the molecule is C[C@H](Cc1ccc(O)cc1)N(CC(O)c1cccc([N+](=O)[O-])c1)CC(O)c1cccc([N+](=O)[O-])c1. The molecule has 3 aromatic carbocycles. The van der Waals surface area contributed by atoms with Crippen LogP contribution in [0.1, 0.15) is 35.8 Å². The van der Waals surface area contributed by atoms with E-state index < -0.39 is 22.1 Å². The van der Waals surface area contributed by atoms with Gasteiger partial charge in [0.15, 0.2) is 0 Å². The van der Waals surface area contributed by atoms with Gasteiger partial charge in [-0.15, -0.1) is 0 Å². The highest BCUT2D eigenvalue weighted by Crippen LogP contribution is 2.25. The fourth-order valence-electron chi connectivity index (χ4n) is 3.88. The highest BCUT2D eigenvalue weighted by atomic mass is 16.6. The van der Waals surface area contributed by atoms with Crippen molar-refractivity contribution < 1.29 is 25.2 Å². The number of hydrogen-bond acceptors (Lipinski definition) is 8. The average Bonchev–Trinajstić information content (AvgIpc) is 2.85. The van der Waals surface area contributed by atoms with Crippen molar-refractivity contribution in [1.29, 1.82) is 0 Å². The van der Waals surface area contributed by atoms with E-state index in [0.717, 1.165) is 5.56 Å². The van der Waals surface area contributed by atoms with Gasteiger partial charge in [-0.1, -0.05) is 36.4 Å². The van der Waals surface area contributed by atoms with Crippen molar-refractivity contribution in [2.24, 2.45) is 0 Å². The maximum absolute atomic E-state index is 11.1. The van der Waals surface area contributed by atoms with Crippen molar-refractivity contribution in [3.05, 3.63) is 110 Å². The third-order valence-corrected chi connectivity index (χ3v) is 5.84. The second kappa shape index (κ2) is 11.5. The van der Waals surface area contributed by atoms with Gasteiger partial charge in [-0.2, -0.15) is 0 Å². The lowest BCUT2D eigenvalue weighted by atomic mass is 10.0. The van der Waals surface area contributed by atoms with Gasteiger partial charge in [0.1, 0.15) is 5.75 Å². The molecular formula is C25H27N3O7. The number of rotatable bonds is 11. The smallest absolute Gasteiger partial charge is 0.269 e. The zero-order valence-corrected chi connectivity index (χ0v) is 19.1. The Bertz CT molecular complexity index is 1100. The van der Waals surface area contributed by atoms with Crippen LogP contribution in [0.5, 0.6) is 5.75 Å². The number of aromatic hydroxyl groups is 1. The number of nitro groups is 2. The van der Waals surface area contributed by atoms with Crippen LogP contribution in [0.4, 0.5) is 11.4 Å². The quantitative estimate of drug-likeness (QED) is 0.276. The molecule has 10 heteroatoms. The Morgan fingerprint density at radius 2 is 1.26 bits per heavy atom. The van der Waals surface area contributed by atoms with Crippen molar-refractivity contribution in [2.75, 3.05) is 13.1 Å². The van der Waals surface area contributed by atoms with E-state index in [2.05, 4.69) is 0 Å². The van der Waals surface area contributed by atoms with E-state index in [-0.39, 0.29) is 36.3 Å². The van der Waals surface area contributed by atoms with Crippen molar-refractivity contribution >= 4 is 11.4 Å². The average molecular weight is 482 g/mol. The third-order valence-electron chi connectivity index (χ3n) is 5.84. The summed E-state index contributed by atoms with van der Waals surface area (Å²) in [5, 5.41) is 53.6. The number of phenolic OH excluding ortho intramolecular Hbond substituents is 1. The molecule has 0 aliphatic heterocycles. The van der Waals surface area contributed by atoms with E-state index in [1.807, 2.05) is 11.8 Å². The van der Waals surface area contributed by atoms with Crippen molar-refractivity contribution in [1.82, 2.24) is 4.90 Å². The standard InChI is InChI=1S/C25H27N3O7/c1-17(12-18-8-10-23(29)11-9-18)26(15-24(30)19-4-2-6-21(13-19)27(32)33)16-25(31)20-5-3-7-22(14-20)28(34)35/h2-11,13-14,17,24-25,29-31H,12,15-16H2,1H3/t17-,24?,25?/m1/s1. The maximum Gasteiger partial charge on any atom is 0.269 e. The lowest BCUT2D eigenvalue weighted by Gasteiger charge is -2.33.